The maximum Gasteiger partial charge on any atom is 0.405 e. The topological polar surface area (TPSA) is 137 Å². The van der Waals surface area contributed by atoms with Crippen LogP contribution >= 0.6 is 0 Å². The predicted octanol–water partition coefficient (Wildman–Crippen LogP) is 1.28. The molecule has 0 radical (unpaired) electrons. The SMILES string of the molecule is O=C(O)NC12CCC(NC(=O)COc3cc(F)c4cn[nH]c4c3)(CC1)C[C@@H]2O. The second-order valence-electron chi connectivity index (χ2n) is 7.66. The number of hydrogen-bond donors (Lipinski definition) is 5. The summed E-state index contributed by atoms with van der Waals surface area (Å²) in [5.41, 5.74) is -0.953. The highest BCUT2D eigenvalue weighted by atomic mass is 19.1. The largest absolute Gasteiger partial charge is 0.484 e. The van der Waals surface area contributed by atoms with Gasteiger partial charge >= 0.3 is 6.09 Å². The highest BCUT2D eigenvalue weighted by molar-refractivity contribution is 5.81. The van der Waals surface area contributed by atoms with Gasteiger partial charge in [0.25, 0.3) is 5.91 Å². The Labute approximate surface area is 159 Å². The average molecular weight is 392 g/mol. The van der Waals surface area contributed by atoms with Crippen LogP contribution < -0.4 is 15.4 Å². The first kappa shape index (κ1) is 18.5. The molecule has 5 rings (SSSR count). The number of carboxylic acid groups (broad SMARTS) is 1. The predicted molar refractivity (Wildman–Crippen MR) is 95.4 cm³/mol. The molecule has 0 spiro atoms. The number of amides is 2. The van der Waals surface area contributed by atoms with Crippen molar-refractivity contribution in [3.05, 3.63) is 24.1 Å². The molecule has 150 valence electrons. The van der Waals surface area contributed by atoms with Gasteiger partial charge in [0.2, 0.25) is 0 Å². The number of aromatic nitrogens is 2. The normalized spacial score (nSPS) is 28.9. The first-order valence-electron chi connectivity index (χ1n) is 9.07. The second-order valence-corrected chi connectivity index (χ2v) is 7.66. The van der Waals surface area contributed by atoms with Gasteiger partial charge < -0.3 is 25.6 Å². The molecule has 3 aliphatic carbocycles. The lowest BCUT2D eigenvalue weighted by Crippen LogP contribution is -2.70. The maximum absolute atomic E-state index is 14.0. The van der Waals surface area contributed by atoms with E-state index in [9.17, 15) is 19.1 Å². The number of aromatic amines is 1. The Morgan fingerprint density at radius 2 is 2.04 bits per heavy atom. The minimum Gasteiger partial charge on any atom is -0.484 e. The zero-order chi connectivity index (χ0) is 19.9. The summed E-state index contributed by atoms with van der Waals surface area (Å²) in [7, 11) is 0. The molecule has 3 fully saturated rings. The van der Waals surface area contributed by atoms with Gasteiger partial charge in [-0.25, -0.2) is 9.18 Å². The van der Waals surface area contributed by atoms with Gasteiger partial charge in [-0.2, -0.15) is 5.10 Å². The first-order chi connectivity index (χ1) is 13.3. The molecule has 2 bridgehead atoms. The van der Waals surface area contributed by atoms with E-state index in [-0.39, 0.29) is 24.7 Å². The summed E-state index contributed by atoms with van der Waals surface area (Å²) in [6.45, 7) is -0.296. The number of benzene rings is 1. The number of nitrogens with one attached hydrogen (secondary N) is 3. The molecule has 3 saturated carbocycles. The molecule has 28 heavy (non-hydrogen) atoms. The van der Waals surface area contributed by atoms with Crippen LogP contribution in [0.1, 0.15) is 32.1 Å². The minimum atomic E-state index is -1.16. The van der Waals surface area contributed by atoms with E-state index in [4.69, 9.17) is 9.84 Å². The zero-order valence-corrected chi connectivity index (χ0v) is 15.0. The molecular weight excluding hydrogens is 371 g/mol. The Kier molecular flexibility index (Phi) is 4.37. The molecule has 2 amide bonds. The van der Waals surface area contributed by atoms with E-state index in [2.05, 4.69) is 20.8 Å². The number of nitrogens with zero attached hydrogens (tertiary/aromatic N) is 1. The van der Waals surface area contributed by atoms with E-state index >= 15 is 0 Å². The third kappa shape index (κ3) is 3.24. The van der Waals surface area contributed by atoms with Crippen LogP contribution in [-0.4, -0.2) is 56.2 Å². The van der Waals surface area contributed by atoms with E-state index in [1.165, 1.54) is 12.3 Å². The van der Waals surface area contributed by atoms with Gasteiger partial charge in [-0.05, 0) is 32.1 Å². The zero-order valence-electron chi connectivity index (χ0n) is 15.0. The van der Waals surface area contributed by atoms with Gasteiger partial charge in [0.15, 0.2) is 6.61 Å². The molecule has 10 heteroatoms. The Balaban J connectivity index is 1.37. The average Bonchev–Trinajstić information content (AvgIpc) is 3.10. The minimum absolute atomic E-state index is 0.207. The number of aliphatic hydroxyl groups excluding tert-OH is 1. The fraction of sp³-hybridized carbons (Fsp3) is 0.500. The molecule has 3 aliphatic rings. The lowest BCUT2D eigenvalue weighted by atomic mass is 9.60. The van der Waals surface area contributed by atoms with Crippen LogP contribution in [0.15, 0.2) is 18.3 Å². The summed E-state index contributed by atoms with van der Waals surface area (Å²) in [4.78, 5) is 23.4. The molecule has 1 atom stereocenters. The number of fused-ring (bicyclic) bond motifs is 4. The van der Waals surface area contributed by atoms with E-state index in [0.29, 0.717) is 36.6 Å². The van der Waals surface area contributed by atoms with Crippen LogP contribution in [0.2, 0.25) is 0 Å². The van der Waals surface area contributed by atoms with Crippen molar-refractivity contribution >= 4 is 22.9 Å². The van der Waals surface area contributed by atoms with Gasteiger partial charge in [-0.3, -0.25) is 9.89 Å². The van der Waals surface area contributed by atoms with Crippen molar-refractivity contribution < 1.29 is 28.9 Å². The van der Waals surface area contributed by atoms with Crippen molar-refractivity contribution in [2.24, 2.45) is 0 Å². The molecule has 1 heterocycles. The van der Waals surface area contributed by atoms with Gasteiger partial charge in [0.05, 0.1) is 28.7 Å². The standard InChI is InChI=1S/C18H21FN4O5/c19-12-5-10(6-13-11(12)8-20-23-13)28-9-15(25)21-17-1-3-18(4-2-17,14(24)7-17)22-16(26)27/h5-6,8,14,22,24H,1-4,7,9H2,(H,20,23)(H,21,25)(H,26,27)/t14-,17?,18?/m0/s1. The molecule has 0 saturated heterocycles. The summed E-state index contributed by atoms with van der Waals surface area (Å²) in [5, 5.41) is 31.6. The van der Waals surface area contributed by atoms with Gasteiger partial charge in [0.1, 0.15) is 11.6 Å². The first-order valence-corrected chi connectivity index (χ1v) is 9.07. The van der Waals surface area contributed by atoms with Gasteiger partial charge in [-0.1, -0.05) is 0 Å². The summed E-state index contributed by atoms with van der Waals surface area (Å²) in [5.74, 6) is -0.665. The van der Waals surface area contributed by atoms with Crippen molar-refractivity contribution in [1.29, 1.82) is 0 Å². The van der Waals surface area contributed by atoms with E-state index in [1.807, 2.05) is 0 Å². The number of carbonyl (C=O) groups excluding carboxylic acids is 1. The summed E-state index contributed by atoms with van der Waals surface area (Å²) < 4.78 is 19.4. The molecule has 0 unspecified atom stereocenters. The maximum atomic E-state index is 14.0. The van der Waals surface area contributed by atoms with Crippen LogP contribution in [0.25, 0.3) is 10.9 Å². The number of halogens is 1. The quantitative estimate of drug-likeness (QED) is 0.520. The molecular formula is C18H21FN4O5. The van der Waals surface area contributed by atoms with Crippen molar-refractivity contribution in [1.82, 2.24) is 20.8 Å². The van der Waals surface area contributed by atoms with Crippen LogP contribution in [0.5, 0.6) is 5.75 Å². The Morgan fingerprint density at radius 3 is 2.71 bits per heavy atom. The number of hydrogen-bond acceptors (Lipinski definition) is 5. The molecule has 2 aromatic rings. The Bertz CT molecular complexity index is 922. The lowest BCUT2D eigenvalue weighted by molar-refractivity contribution is -0.129. The van der Waals surface area contributed by atoms with Crippen LogP contribution in [0, 0.1) is 5.82 Å². The number of H-pyrrole nitrogens is 1. The van der Waals surface area contributed by atoms with E-state index < -0.39 is 29.1 Å². The molecule has 1 aromatic carbocycles. The van der Waals surface area contributed by atoms with Crippen LogP contribution in [0.3, 0.4) is 0 Å². The smallest absolute Gasteiger partial charge is 0.405 e. The number of aliphatic hydroxyl groups is 1. The van der Waals surface area contributed by atoms with E-state index in [0.717, 1.165) is 0 Å². The van der Waals surface area contributed by atoms with Gasteiger partial charge in [0, 0.05) is 17.7 Å². The molecule has 1 aromatic heterocycles. The number of carbonyl (C=O) groups is 2. The monoisotopic (exact) mass is 392 g/mol. The summed E-state index contributed by atoms with van der Waals surface area (Å²) in [6, 6.07) is 2.76. The Morgan fingerprint density at radius 1 is 1.29 bits per heavy atom. The van der Waals surface area contributed by atoms with Crippen LogP contribution in [-0.2, 0) is 4.79 Å². The van der Waals surface area contributed by atoms with Crippen LogP contribution in [0.4, 0.5) is 9.18 Å². The summed E-state index contributed by atoms with van der Waals surface area (Å²) >= 11 is 0. The number of rotatable bonds is 5. The van der Waals surface area contributed by atoms with Gasteiger partial charge in [-0.15, -0.1) is 0 Å². The van der Waals surface area contributed by atoms with E-state index in [1.54, 1.807) is 6.07 Å². The molecule has 0 aliphatic heterocycles. The number of ether oxygens (including phenoxy) is 1. The third-order valence-electron chi connectivity index (χ3n) is 5.93. The summed E-state index contributed by atoms with van der Waals surface area (Å²) in [6.07, 6.45) is 1.63. The van der Waals surface area contributed by atoms with Crippen molar-refractivity contribution in [2.75, 3.05) is 6.61 Å². The van der Waals surface area contributed by atoms with Crippen molar-refractivity contribution in [3.63, 3.8) is 0 Å². The van der Waals surface area contributed by atoms with Crippen molar-refractivity contribution in [3.8, 4) is 5.75 Å². The second kappa shape index (κ2) is 6.62. The molecule has 9 nitrogen and oxygen atoms in total. The highest BCUT2D eigenvalue weighted by Crippen LogP contribution is 2.47. The fourth-order valence-corrected chi connectivity index (χ4v) is 4.42. The van der Waals surface area contributed by atoms with Crippen molar-refractivity contribution in [2.45, 2.75) is 49.3 Å². The fourth-order valence-electron chi connectivity index (χ4n) is 4.42. The lowest BCUT2D eigenvalue weighted by Gasteiger charge is -2.55. The Hall–Kier alpha value is -2.88. The molecule has 5 N–H and O–H groups in total. The third-order valence-corrected chi connectivity index (χ3v) is 5.93. The highest BCUT2D eigenvalue weighted by Gasteiger charge is 2.55.